The Kier molecular flexibility index (Phi) is 4.69. The zero-order valence-electron chi connectivity index (χ0n) is 11.8. The molecule has 102 valence electrons. The summed E-state index contributed by atoms with van der Waals surface area (Å²) in [6.45, 7) is 1.47. The van der Waals surface area contributed by atoms with E-state index in [0.717, 1.165) is 29.8 Å². The summed E-state index contributed by atoms with van der Waals surface area (Å²) in [6, 6.07) is 4.16. The van der Waals surface area contributed by atoms with Crippen LogP contribution in [0.3, 0.4) is 0 Å². The molecule has 1 aliphatic rings. The normalized spacial score (nSPS) is 16.9. The van der Waals surface area contributed by atoms with Gasteiger partial charge in [0.1, 0.15) is 0 Å². The van der Waals surface area contributed by atoms with E-state index in [2.05, 4.69) is 25.9 Å². The van der Waals surface area contributed by atoms with Crippen LogP contribution in [0.4, 0.5) is 0 Å². The van der Waals surface area contributed by atoms with Crippen LogP contribution in [0, 0.1) is 11.3 Å². The third-order valence-electron chi connectivity index (χ3n) is 3.22. The summed E-state index contributed by atoms with van der Waals surface area (Å²) in [5.41, 5.74) is 0.614. The van der Waals surface area contributed by atoms with Crippen molar-refractivity contribution in [2.75, 3.05) is 13.2 Å². The van der Waals surface area contributed by atoms with Gasteiger partial charge >= 0.3 is 118 Å². The van der Waals surface area contributed by atoms with E-state index in [9.17, 15) is 5.26 Å². The van der Waals surface area contributed by atoms with Gasteiger partial charge < -0.3 is 0 Å². The van der Waals surface area contributed by atoms with Gasteiger partial charge in [-0.15, -0.1) is 0 Å². The molecule has 0 spiro atoms. The van der Waals surface area contributed by atoms with Crippen LogP contribution >= 0.6 is 0 Å². The van der Waals surface area contributed by atoms with Crippen molar-refractivity contribution in [1.82, 2.24) is 4.98 Å². The topological polar surface area (TPSA) is 55.1 Å². The molecular weight excluding hydrogens is 347 g/mol. The first-order valence-electron chi connectivity index (χ1n) is 6.66. The molecule has 0 aliphatic carbocycles. The third kappa shape index (κ3) is 3.83. The van der Waals surface area contributed by atoms with Gasteiger partial charge in [0.2, 0.25) is 0 Å². The maximum atomic E-state index is 9.28. The Hall–Kier alpha value is -0.801. The van der Waals surface area contributed by atoms with Crippen LogP contribution in [0.5, 0.6) is 5.75 Å². The molecule has 0 aromatic carbocycles. The van der Waals surface area contributed by atoms with Crippen molar-refractivity contribution in [3.63, 3.8) is 0 Å². The molecular formula is C14H20N2O2Sn. The van der Waals surface area contributed by atoms with Gasteiger partial charge in [-0.3, -0.25) is 0 Å². The van der Waals surface area contributed by atoms with Crippen LogP contribution in [-0.4, -0.2) is 42.7 Å². The Morgan fingerprint density at radius 3 is 2.63 bits per heavy atom. The van der Waals surface area contributed by atoms with E-state index in [1.54, 1.807) is 6.20 Å². The van der Waals surface area contributed by atoms with Crippen molar-refractivity contribution >= 4 is 22.1 Å². The van der Waals surface area contributed by atoms with E-state index in [-0.39, 0.29) is 6.10 Å². The molecule has 4 nitrogen and oxygen atoms in total. The zero-order valence-corrected chi connectivity index (χ0v) is 14.6. The molecule has 0 atom stereocenters. The Bertz CT molecular complexity index is 485. The maximum absolute atomic E-state index is 9.28. The number of rotatable bonds is 3. The summed E-state index contributed by atoms with van der Waals surface area (Å²) >= 11 is -2.22. The number of aromatic nitrogens is 1. The summed E-state index contributed by atoms with van der Waals surface area (Å²) in [6.07, 6.45) is 3.63. The fourth-order valence-electron chi connectivity index (χ4n) is 2.01. The van der Waals surface area contributed by atoms with Crippen molar-refractivity contribution < 1.29 is 9.47 Å². The van der Waals surface area contributed by atoms with E-state index < -0.39 is 18.4 Å². The minimum absolute atomic E-state index is 0.145. The Morgan fingerprint density at radius 1 is 1.37 bits per heavy atom. The monoisotopic (exact) mass is 368 g/mol. The average molecular weight is 367 g/mol. The second-order valence-corrected chi connectivity index (χ2v) is 20.2. The summed E-state index contributed by atoms with van der Waals surface area (Å²) in [4.78, 5) is 11.4. The summed E-state index contributed by atoms with van der Waals surface area (Å²) in [5, 5.41) is 9.28. The molecule has 1 aromatic rings. The number of nitriles is 1. The van der Waals surface area contributed by atoms with Crippen LogP contribution < -0.4 is 8.45 Å². The van der Waals surface area contributed by atoms with Gasteiger partial charge in [-0.1, -0.05) is 0 Å². The molecule has 0 radical (unpaired) electrons. The molecule has 1 aliphatic heterocycles. The molecule has 2 heterocycles. The zero-order chi connectivity index (χ0) is 13.9. The van der Waals surface area contributed by atoms with Crippen LogP contribution in [0.15, 0.2) is 12.3 Å². The van der Waals surface area contributed by atoms with Crippen molar-refractivity contribution in [3.8, 4) is 11.8 Å². The first-order chi connectivity index (χ1) is 9.00. The average Bonchev–Trinajstić information content (AvgIpc) is 2.39. The Balaban J connectivity index is 2.19. The number of pyridine rings is 1. The molecule has 5 heteroatoms. The number of hydrogen-bond donors (Lipinski definition) is 0. The van der Waals surface area contributed by atoms with Crippen molar-refractivity contribution in [2.45, 2.75) is 33.8 Å². The second-order valence-electron chi connectivity index (χ2n) is 5.86. The summed E-state index contributed by atoms with van der Waals surface area (Å²) < 4.78 is 12.3. The first kappa shape index (κ1) is 14.6. The van der Waals surface area contributed by atoms with Gasteiger partial charge in [-0.05, 0) is 0 Å². The number of hydrogen-bond acceptors (Lipinski definition) is 4. The molecule has 0 bridgehead atoms. The van der Waals surface area contributed by atoms with Crippen LogP contribution in [-0.2, 0) is 4.74 Å². The van der Waals surface area contributed by atoms with Gasteiger partial charge in [0.25, 0.3) is 0 Å². The van der Waals surface area contributed by atoms with Gasteiger partial charge in [-0.2, -0.15) is 0 Å². The quantitative estimate of drug-likeness (QED) is 0.768. The van der Waals surface area contributed by atoms with E-state index in [1.165, 1.54) is 0 Å². The third-order valence-corrected chi connectivity index (χ3v) is 8.38. The second kappa shape index (κ2) is 6.10. The van der Waals surface area contributed by atoms with E-state index in [1.807, 2.05) is 6.07 Å². The number of ether oxygens (including phenoxy) is 2. The van der Waals surface area contributed by atoms with E-state index >= 15 is 0 Å². The molecule has 1 saturated heterocycles. The van der Waals surface area contributed by atoms with Crippen molar-refractivity contribution in [3.05, 3.63) is 17.8 Å². The molecule has 1 aromatic heterocycles. The van der Waals surface area contributed by atoms with Crippen LogP contribution in [0.1, 0.15) is 18.4 Å². The molecule has 0 unspecified atom stereocenters. The van der Waals surface area contributed by atoms with Crippen LogP contribution in [0.25, 0.3) is 0 Å². The van der Waals surface area contributed by atoms with Gasteiger partial charge in [-0.25, -0.2) is 0 Å². The fraction of sp³-hybridized carbons (Fsp3) is 0.571. The van der Waals surface area contributed by atoms with Crippen LogP contribution in [0.2, 0.25) is 14.8 Å². The summed E-state index contributed by atoms with van der Waals surface area (Å²) in [7, 11) is 0. The Labute approximate surface area is 118 Å². The predicted molar refractivity (Wildman–Crippen MR) is 76.4 cm³/mol. The van der Waals surface area contributed by atoms with Gasteiger partial charge in [0, 0.05) is 0 Å². The predicted octanol–water partition coefficient (Wildman–Crippen LogP) is 2.06. The van der Waals surface area contributed by atoms with Crippen molar-refractivity contribution in [2.24, 2.45) is 0 Å². The van der Waals surface area contributed by atoms with Crippen molar-refractivity contribution in [1.29, 1.82) is 5.26 Å². The molecule has 0 N–H and O–H groups in total. The SMILES string of the molecule is [CH3][Sn]([CH3])([CH3])[c]1cc(C#N)c(OC2CCOCC2)cn1. The first-order valence-corrected chi connectivity index (χ1v) is 16.6. The number of nitrogens with zero attached hydrogens (tertiary/aromatic N) is 2. The van der Waals surface area contributed by atoms with Gasteiger partial charge in [0.15, 0.2) is 0 Å². The molecule has 2 rings (SSSR count). The molecule has 0 amide bonds. The molecule has 1 fully saturated rings. The van der Waals surface area contributed by atoms with E-state index in [0.29, 0.717) is 11.3 Å². The van der Waals surface area contributed by atoms with Gasteiger partial charge in [0.05, 0.1) is 0 Å². The summed E-state index contributed by atoms with van der Waals surface area (Å²) in [5.74, 6) is 0.619. The van der Waals surface area contributed by atoms with E-state index in [4.69, 9.17) is 9.47 Å². The standard InChI is InChI=1S/C11H11N2O2.3CH3.Sn/c12-7-9-1-4-13-8-11(9)15-10-2-5-14-6-3-10;;;;/h1,8,10H,2-3,5-6H2;3*1H3;. The minimum atomic E-state index is -2.22. The fourth-order valence-corrected chi connectivity index (χ4v) is 4.95. The molecule has 0 saturated carbocycles. The Morgan fingerprint density at radius 2 is 2.05 bits per heavy atom. The molecule has 19 heavy (non-hydrogen) atoms.